The minimum absolute atomic E-state index is 0.213. The number of hydrogen-bond acceptors (Lipinski definition) is 3. The molecule has 0 aliphatic rings. The Morgan fingerprint density at radius 2 is 1.95 bits per heavy atom. The molecule has 1 aromatic rings. The van der Waals surface area contributed by atoms with E-state index in [0.29, 0.717) is 18.8 Å². The molecule has 3 nitrogen and oxygen atoms in total. The fourth-order valence-corrected chi connectivity index (χ4v) is 1.81. The summed E-state index contributed by atoms with van der Waals surface area (Å²) in [6.07, 6.45) is -4.20. The van der Waals surface area contributed by atoms with Crippen LogP contribution >= 0.6 is 0 Å². The molecular formula is C13H19F3N2O. The van der Waals surface area contributed by atoms with Gasteiger partial charge >= 0.3 is 6.18 Å². The summed E-state index contributed by atoms with van der Waals surface area (Å²) in [7, 11) is 3.23. The van der Waals surface area contributed by atoms with Crippen molar-refractivity contribution in [2.24, 2.45) is 0 Å². The zero-order chi connectivity index (χ0) is 14.3. The minimum Gasteiger partial charge on any atom is -0.496 e. The molecule has 0 amide bonds. The maximum atomic E-state index is 12.5. The van der Waals surface area contributed by atoms with Gasteiger partial charge in [0.1, 0.15) is 5.75 Å². The molecular weight excluding hydrogens is 257 g/mol. The van der Waals surface area contributed by atoms with Crippen molar-refractivity contribution in [2.75, 3.05) is 33.8 Å². The lowest BCUT2D eigenvalue weighted by Crippen LogP contribution is -2.37. The first-order valence-electron chi connectivity index (χ1n) is 6.02. The van der Waals surface area contributed by atoms with Crippen LogP contribution in [0.15, 0.2) is 24.3 Å². The van der Waals surface area contributed by atoms with Crippen LogP contribution < -0.4 is 10.1 Å². The SMILES string of the molecule is CNCCN(Cc1ccccc1OC)CC(F)(F)F. The third-order valence-corrected chi connectivity index (χ3v) is 2.67. The lowest BCUT2D eigenvalue weighted by Gasteiger charge is -2.24. The predicted molar refractivity (Wildman–Crippen MR) is 68.3 cm³/mol. The van der Waals surface area contributed by atoms with Crippen molar-refractivity contribution in [3.8, 4) is 5.75 Å². The standard InChI is InChI=1S/C13H19F3N2O/c1-17-7-8-18(10-13(14,15)16)9-11-5-3-4-6-12(11)19-2/h3-6,17H,7-10H2,1-2H3. The van der Waals surface area contributed by atoms with Crippen LogP contribution in [-0.4, -0.2) is 44.9 Å². The van der Waals surface area contributed by atoms with E-state index in [1.54, 1.807) is 31.3 Å². The zero-order valence-corrected chi connectivity index (χ0v) is 11.1. The molecule has 108 valence electrons. The Balaban J connectivity index is 2.75. The van der Waals surface area contributed by atoms with Crippen molar-refractivity contribution in [3.05, 3.63) is 29.8 Å². The van der Waals surface area contributed by atoms with E-state index in [1.165, 1.54) is 12.0 Å². The molecule has 0 aliphatic heterocycles. The molecule has 0 saturated carbocycles. The molecule has 0 unspecified atom stereocenters. The highest BCUT2D eigenvalue weighted by Gasteiger charge is 2.30. The fraction of sp³-hybridized carbons (Fsp3) is 0.538. The average Bonchev–Trinajstić information content (AvgIpc) is 2.35. The predicted octanol–water partition coefficient (Wildman–Crippen LogP) is 2.28. The summed E-state index contributed by atoms with van der Waals surface area (Å²) in [6, 6.07) is 7.12. The molecule has 1 aromatic carbocycles. The Morgan fingerprint density at radius 1 is 1.26 bits per heavy atom. The van der Waals surface area contributed by atoms with Crippen LogP contribution in [0.25, 0.3) is 0 Å². The van der Waals surface area contributed by atoms with Gasteiger partial charge in [-0.15, -0.1) is 0 Å². The van der Waals surface area contributed by atoms with Gasteiger partial charge in [0.05, 0.1) is 13.7 Å². The van der Waals surface area contributed by atoms with Crippen molar-refractivity contribution in [1.82, 2.24) is 10.2 Å². The van der Waals surface area contributed by atoms with Crippen LogP contribution in [-0.2, 0) is 6.54 Å². The summed E-state index contributed by atoms with van der Waals surface area (Å²) >= 11 is 0. The number of alkyl halides is 3. The number of hydrogen-bond donors (Lipinski definition) is 1. The molecule has 0 radical (unpaired) electrons. The molecule has 1 rings (SSSR count). The number of nitrogens with zero attached hydrogens (tertiary/aromatic N) is 1. The van der Waals surface area contributed by atoms with Crippen LogP contribution in [0, 0.1) is 0 Å². The van der Waals surface area contributed by atoms with Gasteiger partial charge in [-0.3, -0.25) is 4.90 Å². The van der Waals surface area contributed by atoms with Gasteiger partial charge in [-0.1, -0.05) is 18.2 Å². The van der Waals surface area contributed by atoms with Gasteiger partial charge in [0.2, 0.25) is 0 Å². The number of likely N-dealkylation sites (N-methyl/N-ethyl adjacent to an activating group) is 1. The molecule has 0 spiro atoms. The van der Waals surface area contributed by atoms with Crippen LogP contribution in [0.2, 0.25) is 0 Å². The molecule has 1 N–H and O–H groups in total. The highest BCUT2D eigenvalue weighted by molar-refractivity contribution is 5.33. The number of para-hydroxylation sites is 1. The Labute approximate surface area is 111 Å². The van der Waals surface area contributed by atoms with E-state index in [-0.39, 0.29) is 6.54 Å². The van der Waals surface area contributed by atoms with E-state index >= 15 is 0 Å². The summed E-state index contributed by atoms with van der Waals surface area (Å²) in [6.45, 7) is 0.122. The Bertz CT molecular complexity index is 382. The number of halogens is 3. The highest BCUT2D eigenvalue weighted by Crippen LogP contribution is 2.22. The first kappa shape index (κ1) is 15.8. The molecule has 0 bridgehead atoms. The maximum absolute atomic E-state index is 12.5. The van der Waals surface area contributed by atoms with Gasteiger partial charge in [0, 0.05) is 25.2 Å². The molecule has 6 heteroatoms. The molecule has 0 saturated heterocycles. The summed E-state index contributed by atoms with van der Waals surface area (Å²) in [5.74, 6) is 0.610. The topological polar surface area (TPSA) is 24.5 Å². The first-order valence-corrected chi connectivity index (χ1v) is 6.02. The normalized spacial score (nSPS) is 11.9. The zero-order valence-electron chi connectivity index (χ0n) is 11.1. The van der Waals surface area contributed by atoms with Gasteiger partial charge in [0.15, 0.2) is 0 Å². The second kappa shape index (κ2) is 7.35. The summed E-state index contributed by atoms with van der Waals surface area (Å²) in [4.78, 5) is 1.36. The van der Waals surface area contributed by atoms with E-state index in [9.17, 15) is 13.2 Å². The van der Waals surface area contributed by atoms with Crippen molar-refractivity contribution in [1.29, 1.82) is 0 Å². The second-order valence-corrected chi connectivity index (χ2v) is 4.24. The summed E-state index contributed by atoms with van der Waals surface area (Å²) in [5.41, 5.74) is 0.755. The van der Waals surface area contributed by atoms with E-state index in [0.717, 1.165) is 5.56 Å². The molecule has 0 aromatic heterocycles. The van der Waals surface area contributed by atoms with Gasteiger partial charge in [-0.05, 0) is 13.1 Å². The van der Waals surface area contributed by atoms with Gasteiger partial charge in [-0.25, -0.2) is 0 Å². The van der Waals surface area contributed by atoms with Gasteiger partial charge < -0.3 is 10.1 Å². The van der Waals surface area contributed by atoms with Crippen molar-refractivity contribution < 1.29 is 17.9 Å². The fourth-order valence-electron chi connectivity index (χ4n) is 1.81. The number of nitrogens with one attached hydrogen (secondary N) is 1. The van der Waals surface area contributed by atoms with Crippen LogP contribution in [0.5, 0.6) is 5.75 Å². The lowest BCUT2D eigenvalue weighted by atomic mass is 10.2. The third-order valence-electron chi connectivity index (χ3n) is 2.67. The summed E-state index contributed by atoms with van der Waals surface area (Å²) < 4.78 is 42.7. The minimum atomic E-state index is -4.20. The molecule has 0 fully saturated rings. The maximum Gasteiger partial charge on any atom is 0.401 e. The monoisotopic (exact) mass is 276 g/mol. The van der Waals surface area contributed by atoms with Crippen molar-refractivity contribution in [2.45, 2.75) is 12.7 Å². The number of methoxy groups -OCH3 is 1. The number of ether oxygens (including phenoxy) is 1. The molecule has 0 aliphatic carbocycles. The molecule has 0 heterocycles. The van der Waals surface area contributed by atoms with E-state index in [4.69, 9.17) is 4.74 Å². The Kier molecular flexibility index (Phi) is 6.11. The quantitative estimate of drug-likeness (QED) is 0.827. The summed E-state index contributed by atoms with van der Waals surface area (Å²) in [5, 5.41) is 2.86. The van der Waals surface area contributed by atoms with Crippen LogP contribution in [0.3, 0.4) is 0 Å². The highest BCUT2D eigenvalue weighted by atomic mass is 19.4. The smallest absolute Gasteiger partial charge is 0.401 e. The van der Waals surface area contributed by atoms with E-state index < -0.39 is 12.7 Å². The van der Waals surface area contributed by atoms with Gasteiger partial charge in [0.25, 0.3) is 0 Å². The largest absolute Gasteiger partial charge is 0.496 e. The molecule has 0 atom stereocenters. The molecule has 19 heavy (non-hydrogen) atoms. The number of rotatable bonds is 7. The van der Waals surface area contributed by atoms with E-state index in [1.807, 2.05) is 0 Å². The average molecular weight is 276 g/mol. The van der Waals surface area contributed by atoms with Crippen LogP contribution in [0.4, 0.5) is 13.2 Å². The van der Waals surface area contributed by atoms with Crippen molar-refractivity contribution in [3.63, 3.8) is 0 Å². The third kappa shape index (κ3) is 5.94. The van der Waals surface area contributed by atoms with Crippen LogP contribution in [0.1, 0.15) is 5.56 Å². The Morgan fingerprint density at radius 3 is 2.53 bits per heavy atom. The lowest BCUT2D eigenvalue weighted by molar-refractivity contribution is -0.147. The van der Waals surface area contributed by atoms with E-state index in [2.05, 4.69) is 5.32 Å². The Hall–Kier alpha value is -1.27. The second-order valence-electron chi connectivity index (χ2n) is 4.24. The van der Waals surface area contributed by atoms with Crippen molar-refractivity contribution >= 4 is 0 Å². The number of benzene rings is 1. The van der Waals surface area contributed by atoms with Gasteiger partial charge in [-0.2, -0.15) is 13.2 Å². The first-order chi connectivity index (χ1) is 8.96.